The summed E-state index contributed by atoms with van der Waals surface area (Å²) in [7, 11) is 0. The maximum absolute atomic E-state index is 13.4. The molecule has 1 fully saturated rings. The second-order valence-corrected chi connectivity index (χ2v) is 11.0. The van der Waals surface area contributed by atoms with Crippen molar-refractivity contribution in [3.05, 3.63) is 77.9 Å². The van der Waals surface area contributed by atoms with Crippen LogP contribution in [0.15, 0.2) is 61.1 Å². The molecule has 1 saturated heterocycles. The summed E-state index contributed by atoms with van der Waals surface area (Å²) in [4.78, 5) is 22.2. The van der Waals surface area contributed by atoms with Gasteiger partial charge in [-0.3, -0.25) is 19.4 Å². The summed E-state index contributed by atoms with van der Waals surface area (Å²) >= 11 is 0. The summed E-state index contributed by atoms with van der Waals surface area (Å²) in [5.41, 5.74) is 3.51. The number of amides is 1. The zero-order chi connectivity index (χ0) is 26.2. The number of hydrogen-bond donors (Lipinski definition) is 0. The molecular formula is C31H41N5O2. The number of hydrogen-bond acceptors (Lipinski definition) is 5. The zero-order valence-corrected chi connectivity index (χ0v) is 22.7. The molecule has 3 aromatic rings. The van der Waals surface area contributed by atoms with Crippen LogP contribution in [0, 0.1) is 5.41 Å². The summed E-state index contributed by atoms with van der Waals surface area (Å²) in [5.74, 6) is 1.15. The molecule has 0 aliphatic carbocycles. The molecule has 0 saturated carbocycles. The minimum Gasteiger partial charge on any atom is -0.492 e. The third-order valence-electron chi connectivity index (χ3n) is 8.24. The highest BCUT2D eigenvalue weighted by atomic mass is 16.5. The molecule has 202 valence electrons. The van der Waals surface area contributed by atoms with E-state index in [1.807, 2.05) is 23.1 Å². The van der Waals surface area contributed by atoms with E-state index in [1.165, 1.54) is 24.0 Å². The van der Waals surface area contributed by atoms with Gasteiger partial charge in [-0.1, -0.05) is 31.5 Å². The lowest BCUT2D eigenvalue weighted by molar-refractivity contribution is 0.0354. The first kappa shape index (κ1) is 26.4. The van der Waals surface area contributed by atoms with E-state index in [1.54, 1.807) is 6.20 Å². The summed E-state index contributed by atoms with van der Waals surface area (Å²) in [5, 5.41) is 4.38. The number of likely N-dealkylation sites (tertiary alicyclic amines) is 1. The van der Waals surface area contributed by atoms with Crippen LogP contribution in [0.1, 0.15) is 67.1 Å². The molecule has 2 aliphatic heterocycles. The lowest BCUT2D eigenvalue weighted by Gasteiger charge is -2.45. The Morgan fingerprint density at radius 2 is 1.79 bits per heavy atom. The lowest BCUT2D eigenvalue weighted by Crippen LogP contribution is -2.48. The largest absolute Gasteiger partial charge is 0.492 e. The summed E-state index contributed by atoms with van der Waals surface area (Å²) in [6.07, 6.45) is 13.1. The number of ether oxygens (including phenoxy) is 1. The highest BCUT2D eigenvalue weighted by Gasteiger charge is 2.37. The Bertz CT molecular complexity index is 1170. The van der Waals surface area contributed by atoms with Crippen molar-refractivity contribution < 1.29 is 9.53 Å². The molecule has 0 unspecified atom stereocenters. The molecule has 0 bridgehead atoms. The topological polar surface area (TPSA) is 63.5 Å². The molecule has 0 radical (unpaired) electrons. The van der Waals surface area contributed by atoms with Gasteiger partial charge in [-0.05, 0) is 79.3 Å². The van der Waals surface area contributed by atoms with Gasteiger partial charge in [-0.2, -0.15) is 5.10 Å². The highest BCUT2D eigenvalue weighted by molar-refractivity contribution is 5.92. The quantitative estimate of drug-likeness (QED) is 0.466. The average Bonchev–Trinajstić information content (AvgIpc) is 3.40. The van der Waals surface area contributed by atoms with Crippen LogP contribution in [-0.2, 0) is 19.5 Å². The van der Waals surface area contributed by atoms with E-state index in [2.05, 4.69) is 63.2 Å². The van der Waals surface area contributed by atoms with Crippen molar-refractivity contribution in [2.75, 3.05) is 32.8 Å². The van der Waals surface area contributed by atoms with Crippen LogP contribution in [0.5, 0.6) is 5.75 Å². The Morgan fingerprint density at radius 1 is 0.974 bits per heavy atom. The van der Waals surface area contributed by atoms with Crippen LogP contribution < -0.4 is 4.74 Å². The van der Waals surface area contributed by atoms with E-state index < -0.39 is 0 Å². The molecule has 38 heavy (non-hydrogen) atoms. The van der Waals surface area contributed by atoms with Gasteiger partial charge in [0.1, 0.15) is 18.1 Å². The number of piperidine rings is 1. The van der Waals surface area contributed by atoms with Crippen LogP contribution in [-0.4, -0.2) is 63.3 Å². The van der Waals surface area contributed by atoms with Gasteiger partial charge in [0.25, 0.3) is 5.91 Å². The second kappa shape index (κ2) is 12.6. The maximum Gasteiger partial charge on any atom is 0.272 e. The minimum absolute atomic E-state index is 0.123. The number of carbonyl (C=O) groups is 1. The van der Waals surface area contributed by atoms with Crippen LogP contribution in [0.4, 0.5) is 0 Å². The maximum atomic E-state index is 13.4. The molecule has 1 aromatic carbocycles. The van der Waals surface area contributed by atoms with Crippen molar-refractivity contribution in [1.82, 2.24) is 24.6 Å². The van der Waals surface area contributed by atoms with Crippen LogP contribution in [0.3, 0.4) is 0 Å². The second-order valence-electron chi connectivity index (χ2n) is 11.0. The first-order chi connectivity index (χ1) is 18.7. The minimum atomic E-state index is 0.123. The molecule has 5 rings (SSSR count). The fraction of sp³-hybridized carbons (Fsp3) is 0.516. The number of benzene rings is 1. The molecule has 0 N–H and O–H groups in total. The van der Waals surface area contributed by atoms with Crippen molar-refractivity contribution in [3.63, 3.8) is 0 Å². The molecule has 1 spiro atoms. The van der Waals surface area contributed by atoms with Crippen molar-refractivity contribution in [3.8, 4) is 5.75 Å². The van der Waals surface area contributed by atoms with Gasteiger partial charge in [-0.15, -0.1) is 0 Å². The molecule has 2 aromatic heterocycles. The Morgan fingerprint density at radius 3 is 2.61 bits per heavy atom. The fourth-order valence-corrected chi connectivity index (χ4v) is 6.12. The molecule has 7 heteroatoms. The third kappa shape index (κ3) is 6.44. The summed E-state index contributed by atoms with van der Waals surface area (Å²) < 4.78 is 8.17. The standard InChI is InChI=1S/C31H41N5O2/c1-2-19-36-28(12-18-33-36)30(37)35-20-14-31(15-21-35)13-6-5-8-27-7-3-4-9-29(27)38-23-22-34(25-31)24-26-10-16-32-17-11-26/h3-4,7,9-12,16-18H,2,5-6,8,13-15,19-25H2,1H3. The first-order valence-electron chi connectivity index (χ1n) is 14.3. The smallest absolute Gasteiger partial charge is 0.272 e. The van der Waals surface area contributed by atoms with Crippen molar-refractivity contribution in [1.29, 1.82) is 0 Å². The lowest BCUT2D eigenvalue weighted by atomic mass is 9.73. The van der Waals surface area contributed by atoms with E-state index in [0.29, 0.717) is 6.61 Å². The number of aryl methyl sites for hydroxylation is 2. The number of pyridine rings is 1. The molecule has 7 nitrogen and oxygen atoms in total. The summed E-state index contributed by atoms with van der Waals surface area (Å²) in [6, 6.07) is 14.6. The number of rotatable bonds is 5. The Labute approximate surface area is 226 Å². The number of nitrogens with zero attached hydrogens (tertiary/aromatic N) is 5. The zero-order valence-electron chi connectivity index (χ0n) is 22.7. The van der Waals surface area contributed by atoms with Crippen LogP contribution in [0.25, 0.3) is 0 Å². The van der Waals surface area contributed by atoms with Gasteiger partial charge in [0.05, 0.1) is 0 Å². The number of para-hydroxylation sites is 1. The fourth-order valence-electron chi connectivity index (χ4n) is 6.12. The van der Waals surface area contributed by atoms with Crippen molar-refractivity contribution in [2.45, 2.75) is 65.0 Å². The van der Waals surface area contributed by atoms with Crippen LogP contribution in [0.2, 0.25) is 0 Å². The summed E-state index contributed by atoms with van der Waals surface area (Å²) in [6.45, 7) is 7.95. The van der Waals surface area contributed by atoms with E-state index in [-0.39, 0.29) is 11.3 Å². The SMILES string of the molecule is CCCn1nccc1C(=O)N1CCC2(CCCCc3ccccc3OCCN(Cc3ccncc3)C2)CC1. The Hall–Kier alpha value is -3.19. The van der Waals surface area contributed by atoms with E-state index in [9.17, 15) is 4.79 Å². The predicted molar refractivity (Wildman–Crippen MR) is 149 cm³/mol. The molecular weight excluding hydrogens is 474 g/mol. The Balaban J connectivity index is 1.32. The van der Waals surface area contributed by atoms with Gasteiger partial charge in [-0.25, -0.2) is 0 Å². The van der Waals surface area contributed by atoms with E-state index in [0.717, 1.165) is 82.8 Å². The Kier molecular flexibility index (Phi) is 8.74. The third-order valence-corrected chi connectivity index (χ3v) is 8.24. The molecule has 1 amide bonds. The van der Waals surface area contributed by atoms with E-state index >= 15 is 0 Å². The van der Waals surface area contributed by atoms with Gasteiger partial charge in [0.15, 0.2) is 0 Å². The monoisotopic (exact) mass is 515 g/mol. The van der Waals surface area contributed by atoms with Gasteiger partial charge < -0.3 is 9.64 Å². The van der Waals surface area contributed by atoms with Crippen molar-refractivity contribution >= 4 is 5.91 Å². The normalized spacial score (nSPS) is 18.7. The number of carbonyl (C=O) groups excluding carboxylic acids is 1. The molecule has 2 aliphatic rings. The predicted octanol–water partition coefficient (Wildman–Crippen LogP) is 5.22. The number of fused-ring (bicyclic) bond motifs is 1. The molecule has 0 atom stereocenters. The number of aromatic nitrogens is 3. The van der Waals surface area contributed by atoms with E-state index in [4.69, 9.17) is 4.74 Å². The van der Waals surface area contributed by atoms with Crippen molar-refractivity contribution in [2.24, 2.45) is 5.41 Å². The molecule has 4 heterocycles. The van der Waals surface area contributed by atoms with Crippen LogP contribution >= 0.6 is 0 Å². The average molecular weight is 516 g/mol. The first-order valence-corrected chi connectivity index (χ1v) is 14.3. The van der Waals surface area contributed by atoms with Gasteiger partial charge in [0, 0.05) is 57.9 Å². The van der Waals surface area contributed by atoms with Gasteiger partial charge >= 0.3 is 0 Å². The van der Waals surface area contributed by atoms with Gasteiger partial charge in [0.2, 0.25) is 0 Å². The highest BCUT2D eigenvalue weighted by Crippen LogP contribution is 2.39.